The van der Waals surface area contributed by atoms with Gasteiger partial charge in [0.2, 0.25) is 0 Å². The molecule has 1 saturated heterocycles. The quantitative estimate of drug-likeness (QED) is 0.847. The van der Waals surface area contributed by atoms with Crippen LogP contribution in [0.15, 0.2) is 18.2 Å². The Morgan fingerprint density at radius 1 is 1.43 bits per heavy atom. The van der Waals surface area contributed by atoms with Crippen molar-refractivity contribution in [1.82, 2.24) is 0 Å². The molecule has 1 aromatic carbocycles. The van der Waals surface area contributed by atoms with E-state index in [9.17, 15) is 5.11 Å². The molecule has 2 N–H and O–H groups in total. The molecule has 1 atom stereocenters. The summed E-state index contributed by atoms with van der Waals surface area (Å²) in [5.74, 6) is 0.442. The molecule has 0 amide bonds. The van der Waals surface area contributed by atoms with Crippen LogP contribution in [0.4, 0.5) is 11.4 Å². The van der Waals surface area contributed by atoms with E-state index in [4.69, 9.17) is 16.3 Å². The van der Waals surface area contributed by atoms with Crippen LogP contribution < -0.4 is 10.2 Å². The molecule has 5 heteroatoms. The Hall–Kier alpha value is -0.970. The van der Waals surface area contributed by atoms with Crippen LogP contribution in [0.2, 0.25) is 5.02 Å². The summed E-state index contributed by atoms with van der Waals surface area (Å²) in [6.45, 7) is 4.98. The number of ether oxygens (including phenoxy) is 1. The predicted molar refractivity (Wildman–Crippen MR) is 88.4 cm³/mol. The third-order valence-electron chi connectivity index (χ3n) is 3.99. The van der Waals surface area contributed by atoms with E-state index < -0.39 is 0 Å². The predicted octanol–water partition coefficient (Wildman–Crippen LogP) is 3.00. The van der Waals surface area contributed by atoms with Crippen molar-refractivity contribution in [2.24, 2.45) is 5.92 Å². The van der Waals surface area contributed by atoms with E-state index in [-0.39, 0.29) is 6.04 Å². The van der Waals surface area contributed by atoms with Gasteiger partial charge in [-0.1, -0.05) is 11.6 Å². The van der Waals surface area contributed by atoms with Gasteiger partial charge in [-0.05, 0) is 43.9 Å². The fourth-order valence-corrected chi connectivity index (χ4v) is 2.99. The van der Waals surface area contributed by atoms with E-state index in [1.165, 1.54) is 5.69 Å². The maximum absolute atomic E-state index is 9.25. The van der Waals surface area contributed by atoms with Crippen molar-refractivity contribution in [2.75, 3.05) is 43.6 Å². The molecule has 0 saturated carbocycles. The number of nitrogens with zero attached hydrogens (tertiary/aromatic N) is 1. The number of hydrogen-bond acceptors (Lipinski definition) is 4. The van der Waals surface area contributed by atoms with Crippen molar-refractivity contribution in [3.8, 4) is 0 Å². The highest BCUT2D eigenvalue weighted by atomic mass is 35.5. The minimum atomic E-state index is 0.224. The fourth-order valence-electron chi connectivity index (χ4n) is 2.81. The first-order chi connectivity index (χ1) is 10.1. The Labute approximate surface area is 132 Å². The Morgan fingerprint density at radius 2 is 2.14 bits per heavy atom. The minimum Gasteiger partial charge on any atom is -0.396 e. The van der Waals surface area contributed by atoms with Crippen LogP contribution in [0.5, 0.6) is 0 Å². The van der Waals surface area contributed by atoms with Crippen LogP contribution >= 0.6 is 11.6 Å². The molecule has 1 fully saturated rings. The highest BCUT2D eigenvalue weighted by Gasteiger charge is 2.21. The lowest BCUT2D eigenvalue weighted by Crippen LogP contribution is -2.35. The summed E-state index contributed by atoms with van der Waals surface area (Å²) in [5.41, 5.74) is 2.23. The van der Waals surface area contributed by atoms with Crippen molar-refractivity contribution in [1.29, 1.82) is 0 Å². The van der Waals surface area contributed by atoms with Crippen molar-refractivity contribution in [3.63, 3.8) is 0 Å². The van der Waals surface area contributed by atoms with E-state index in [0.717, 1.165) is 36.6 Å². The molecular formula is C16H25ClN2O2. The average Bonchev–Trinajstić information content (AvgIpc) is 2.48. The number of benzene rings is 1. The normalized spacial score (nSPS) is 17.8. The van der Waals surface area contributed by atoms with Gasteiger partial charge in [0, 0.05) is 37.9 Å². The number of anilines is 2. The second-order valence-electron chi connectivity index (χ2n) is 5.78. The molecule has 1 aromatic rings. The topological polar surface area (TPSA) is 44.7 Å². The Morgan fingerprint density at radius 3 is 2.76 bits per heavy atom. The molecule has 1 heterocycles. The number of hydrogen-bond donors (Lipinski definition) is 2. The molecule has 1 aliphatic rings. The van der Waals surface area contributed by atoms with Crippen LogP contribution in [-0.4, -0.2) is 44.6 Å². The zero-order valence-electron chi connectivity index (χ0n) is 12.8. The van der Waals surface area contributed by atoms with Gasteiger partial charge in [-0.15, -0.1) is 0 Å². The van der Waals surface area contributed by atoms with Crippen LogP contribution in [-0.2, 0) is 4.74 Å². The lowest BCUT2D eigenvalue weighted by atomic mass is 9.97. The van der Waals surface area contributed by atoms with Crippen LogP contribution in [0.3, 0.4) is 0 Å². The molecule has 0 unspecified atom stereocenters. The molecule has 118 valence electrons. The zero-order chi connectivity index (χ0) is 15.2. The van der Waals surface area contributed by atoms with Crippen molar-refractivity contribution in [3.05, 3.63) is 23.2 Å². The maximum atomic E-state index is 9.25. The number of aliphatic hydroxyl groups is 1. The third kappa shape index (κ3) is 4.50. The monoisotopic (exact) mass is 312 g/mol. The number of methoxy groups -OCH3 is 1. The summed E-state index contributed by atoms with van der Waals surface area (Å²) in [6, 6.07) is 6.20. The molecule has 1 aliphatic heterocycles. The lowest BCUT2D eigenvalue weighted by Gasteiger charge is -2.34. The van der Waals surface area contributed by atoms with Gasteiger partial charge in [-0.3, -0.25) is 0 Å². The number of rotatable bonds is 6. The van der Waals surface area contributed by atoms with Gasteiger partial charge in [0.05, 0.1) is 18.0 Å². The number of nitrogens with one attached hydrogen (secondary N) is 1. The lowest BCUT2D eigenvalue weighted by molar-refractivity contribution is 0.190. The molecule has 0 aromatic heterocycles. The molecule has 0 bridgehead atoms. The second-order valence-corrected chi connectivity index (χ2v) is 6.21. The molecule has 4 nitrogen and oxygen atoms in total. The average molecular weight is 313 g/mol. The Balaban J connectivity index is 2.11. The highest BCUT2D eigenvalue weighted by Crippen LogP contribution is 2.32. The second kappa shape index (κ2) is 7.87. The van der Waals surface area contributed by atoms with Gasteiger partial charge >= 0.3 is 0 Å². The van der Waals surface area contributed by atoms with Crippen LogP contribution in [0, 0.1) is 5.92 Å². The van der Waals surface area contributed by atoms with E-state index in [1.807, 2.05) is 12.1 Å². The van der Waals surface area contributed by atoms with Gasteiger partial charge in [-0.2, -0.15) is 0 Å². The van der Waals surface area contributed by atoms with Crippen molar-refractivity contribution in [2.45, 2.75) is 25.8 Å². The summed E-state index contributed by atoms with van der Waals surface area (Å²) in [4.78, 5) is 2.37. The van der Waals surface area contributed by atoms with E-state index in [2.05, 4.69) is 23.2 Å². The number of halogens is 1. The molecule has 0 aliphatic carbocycles. The summed E-state index contributed by atoms with van der Waals surface area (Å²) >= 11 is 6.14. The molecule has 0 spiro atoms. The first kappa shape index (κ1) is 16.4. The van der Waals surface area contributed by atoms with Gasteiger partial charge in [0.25, 0.3) is 0 Å². The fraction of sp³-hybridized carbons (Fsp3) is 0.625. The van der Waals surface area contributed by atoms with Gasteiger partial charge in [0.1, 0.15) is 0 Å². The Kier molecular flexibility index (Phi) is 6.15. The highest BCUT2D eigenvalue weighted by molar-refractivity contribution is 6.31. The first-order valence-corrected chi connectivity index (χ1v) is 7.92. The third-order valence-corrected chi connectivity index (χ3v) is 4.23. The van der Waals surface area contributed by atoms with Crippen LogP contribution in [0.1, 0.15) is 19.8 Å². The summed E-state index contributed by atoms with van der Waals surface area (Å²) in [5, 5.41) is 13.5. The smallest absolute Gasteiger partial charge is 0.0661 e. The van der Waals surface area contributed by atoms with Crippen molar-refractivity contribution >= 4 is 23.0 Å². The van der Waals surface area contributed by atoms with Gasteiger partial charge in [0.15, 0.2) is 0 Å². The summed E-state index contributed by atoms with van der Waals surface area (Å²) < 4.78 is 5.18. The minimum absolute atomic E-state index is 0.224. The van der Waals surface area contributed by atoms with Gasteiger partial charge in [-0.25, -0.2) is 0 Å². The standard InChI is InChI=1S/C16H25ClN2O2/c1-12(11-21-2)18-15-9-14(17)3-4-16(15)19-7-5-13(10-20)6-8-19/h3-4,9,12-13,18,20H,5-8,10-11H2,1-2H3/t12-/m0/s1. The van der Waals surface area contributed by atoms with Crippen molar-refractivity contribution < 1.29 is 9.84 Å². The number of piperidine rings is 1. The SMILES string of the molecule is COC[C@H](C)Nc1cc(Cl)ccc1N1CCC(CO)CC1. The number of aliphatic hydroxyl groups excluding tert-OH is 1. The molecular weight excluding hydrogens is 288 g/mol. The zero-order valence-corrected chi connectivity index (χ0v) is 13.6. The van der Waals surface area contributed by atoms with E-state index >= 15 is 0 Å². The summed E-state index contributed by atoms with van der Waals surface area (Å²) in [6.07, 6.45) is 2.07. The van der Waals surface area contributed by atoms with E-state index in [0.29, 0.717) is 19.1 Å². The van der Waals surface area contributed by atoms with Crippen LogP contribution in [0.25, 0.3) is 0 Å². The Bertz CT molecular complexity index is 448. The summed E-state index contributed by atoms with van der Waals surface area (Å²) in [7, 11) is 1.71. The van der Waals surface area contributed by atoms with E-state index in [1.54, 1.807) is 7.11 Å². The first-order valence-electron chi connectivity index (χ1n) is 7.55. The maximum Gasteiger partial charge on any atom is 0.0661 e. The molecule has 0 radical (unpaired) electrons. The molecule has 2 rings (SSSR count). The molecule has 21 heavy (non-hydrogen) atoms. The van der Waals surface area contributed by atoms with Gasteiger partial charge < -0.3 is 20.1 Å². The largest absolute Gasteiger partial charge is 0.396 e.